The average Bonchev–Trinajstić information content (AvgIpc) is 3.01. The summed E-state index contributed by atoms with van der Waals surface area (Å²) in [6.45, 7) is 1.92. The fourth-order valence-corrected chi connectivity index (χ4v) is 2.97. The van der Waals surface area contributed by atoms with Crippen molar-refractivity contribution in [3.05, 3.63) is 40.3 Å². The maximum absolute atomic E-state index is 12.7. The van der Waals surface area contributed by atoms with Crippen LogP contribution in [0.2, 0.25) is 0 Å². The van der Waals surface area contributed by atoms with Crippen molar-refractivity contribution >= 4 is 39.2 Å². The van der Waals surface area contributed by atoms with Crippen LogP contribution in [0.4, 0.5) is 5.69 Å². The summed E-state index contributed by atoms with van der Waals surface area (Å²) in [6, 6.07) is 6.84. The van der Waals surface area contributed by atoms with E-state index in [4.69, 9.17) is 9.47 Å². The number of halogens is 1. The number of anilines is 1. The number of carbonyl (C=O) groups is 3. The summed E-state index contributed by atoms with van der Waals surface area (Å²) in [5.41, 5.74) is 0.653. The van der Waals surface area contributed by atoms with Crippen molar-refractivity contribution in [1.82, 2.24) is 0 Å². The number of ketones is 1. The SMILES string of the molecule is CCOC1=C([C@@H]2CC(=O)N(c3ccc(Br)cc3)C2=O)C(=O)CO1. The van der Waals surface area contributed by atoms with Gasteiger partial charge in [-0.1, -0.05) is 15.9 Å². The third-order valence-electron chi connectivity index (χ3n) is 3.71. The van der Waals surface area contributed by atoms with Crippen molar-refractivity contribution in [3.63, 3.8) is 0 Å². The van der Waals surface area contributed by atoms with E-state index in [2.05, 4.69) is 15.9 Å². The third-order valence-corrected chi connectivity index (χ3v) is 4.24. The molecule has 2 aliphatic rings. The molecule has 1 aromatic carbocycles. The van der Waals surface area contributed by atoms with E-state index >= 15 is 0 Å². The molecule has 6 nitrogen and oxygen atoms in total. The van der Waals surface area contributed by atoms with Gasteiger partial charge in [-0.3, -0.25) is 14.4 Å². The smallest absolute Gasteiger partial charge is 0.287 e. The molecule has 2 heterocycles. The van der Waals surface area contributed by atoms with E-state index in [0.29, 0.717) is 12.3 Å². The number of ether oxygens (including phenoxy) is 2. The van der Waals surface area contributed by atoms with E-state index in [9.17, 15) is 14.4 Å². The van der Waals surface area contributed by atoms with E-state index in [1.165, 1.54) is 0 Å². The highest BCUT2D eigenvalue weighted by Crippen LogP contribution is 2.35. The molecule has 0 aliphatic carbocycles. The summed E-state index contributed by atoms with van der Waals surface area (Å²) >= 11 is 3.31. The minimum Gasteiger partial charge on any atom is -0.465 e. The summed E-state index contributed by atoms with van der Waals surface area (Å²) < 4.78 is 11.3. The predicted molar refractivity (Wildman–Crippen MR) is 84.4 cm³/mol. The van der Waals surface area contributed by atoms with Crippen molar-refractivity contribution in [1.29, 1.82) is 0 Å². The standard InChI is InChI=1S/C16H14BrNO5/c1-2-22-16-14(12(19)8-23-16)11-7-13(20)18(15(11)21)10-5-3-9(17)4-6-10/h3-6,11H,2,7-8H2,1H3/t11-/m0/s1. The lowest BCUT2D eigenvalue weighted by molar-refractivity contribution is -0.123. The van der Waals surface area contributed by atoms with Gasteiger partial charge in [0, 0.05) is 10.9 Å². The van der Waals surface area contributed by atoms with Crippen LogP contribution in [0.1, 0.15) is 13.3 Å². The minimum atomic E-state index is -0.845. The highest BCUT2D eigenvalue weighted by atomic mass is 79.9. The summed E-state index contributed by atoms with van der Waals surface area (Å²) in [4.78, 5) is 38.1. The Kier molecular flexibility index (Phi) is 4.21. The molecule has 0 aromatic heterocycles. The molecule has 0 radical (unpaired) electrons. The zero-order valence-corrected chi connectivity index (χ0v) is 14.0. The number of amides is 2. The molecule has 1 fully saturated rings. The Morgan fingerprint density at radius 1 is 1.26 bits per heavy atom. The van der Waals surface area contributed by atoms with Gasteiger partial charge in [-0.2, -0.15) is 0 Å². The Morgan fingerprint density at radius 2 is 1.96 bits per heavy atom. The van der Waals surface area contributed by atoms with E-state index in [0.717, 1.165) is 9.37 Å². The number of hydrogen-bond donors (Lipinski definition) is 0. The second kappa shape index (κ2) is 6.16. The first kappa shape index (κ1) is 15.7. The summed E-state index contributed by atoms with van der Waals surface area (Å²) in [6.07, 6.45) is -0.0596. The van der Waals surface area contributed by atoms with Gasteiger partial charge in [-0.15, -0.1) is 0 Å². The number of rotatable bonds is 4. The van der Waals surface area contributed by atoms with Gasteiger partial charge >= 0.3 is 0 Å². The lowest BCUT2D eigenvalue weighted by Crippen LogP contribution is -2.31. The highest BCUT2D eigenvalue weighted by molar-refractivity contribution is 9.10. The zero-order chi connectivity index (χ0) is 16.6. The van der Waals surface area contributed by atoms with Crippen molar-refractivity contribution in [2.24, 2.45) is 5.92 Å². The van der Waals surface area contributed by atoms with Gasteiger partial charge < -0.3 is 9.47 Å². The first-order chi connectivity index (χ1) is 11.0. The number of nitrogens with zero attached hydrogens (tertiary/aromatic N) is 1. The average molecular weight is 380 g/mol. The van der Waals surface area contributed by atoms with Crippen LogP contribution in [0.5, 0.6) is 0 Å². The molecule has 0 spiro atoms. The molecule has 1 aromatic rings. The van der Waals surface area contributed by atoms with Gasteiger partial charge in [0.2, 0.25) is 17.6 Å². The van der Waals surface area contributed by atoms with Crippen LogP contribution in [0.25, 0.3) is 0 Å². The monoisotopic (exact) mass is 379 g/mol. The number of benzene rings is 1. The van der Waals surface area contributed by atoms with Crippen LogP contribution in [0, 0.1) is 5.92 Å². The molecule has 1 atom stereocenters. The Bertz CT molecular complexity index is 710. The molecule has 2 aliphatic heterocycles. The Balaban J connectivity index is 1.93. The van der Waals surface area contributed by atoms with Gasteiger partial charge in [0.15, 0.2) is 6.61 Å². The first-order valence-electron chi connectivity index (χ1n) is 7.18. The molecule has 120 valence electrons. The summed E-state index contributed by atoms with van der Waals surface area (Å²) in [5, 5.41) is 0. The molecule has 0 unspecified atom stereocenters. The number of carbonyl (C=O) groups excluding carboxylic acids is 3. The maximum atomic E-state index is 12.7. The van der Waals surface area contributed by atoms with Crippen LogP contribution in [-0.2, 0) is 23.9 Å². The van der Waals surface area contributed by atoms with Gasteiger partial charge in [0.25, 0.3) is 5.95 Å². The fraction of sp³-hybridized carbons (Fsp3) is 0.312. The fourth-order valence-electron chi connectivity index (χ4n) is 2.71. The first-order valence-corrected chi connectivity index (χ1v) is 7.97. The summed E-state index contributed by atoms with van der Waals surface area (Å²) in [7, 11) is 0. The van der Waals surface area contributed by atoms with Gasteiger partial charge in [-0.05, 0) is 31.2 Å². The molecule has 7 heteroatoms. The van der Waals surface area contributed by atoms with Crippen molar-refractivity contribution in [2.45, 2.75) is 13.3 Å². The van der Waals surface area contributed by atoms with Crippen molar-refractivity contribution in [2.75, 3.05) is 18.1 Å². The third kappa shape index (κ3) is 2.76. The molecule has 23 heavy (non-hydrogen) atoms. The second-order valence-corrected chi connectivity index (χ2v) is 6.06. The molecule has 0 N–H and O–H groups in total. The molecule has 2 amide bonds. The van der Waals surface area contributed by atoms with E-state index in [1.807, 2.05) is 0 Å². The molecular weight excluding hydrogens is 366 g/mol. The van der Waals surface area contributed by atoms with Crippen molar-refractivity contribution < 1.29 is 23.9 Å². The van der Waals surface area contributed by atoms with Gasteiger partial charge in [-0.25, -0.2) is 4.90 Å². The van der Waals surface area contributed by atoms with Crippen LogP contribution in [0.3, 0.4) is 0 Å². The largest absolute Gasteiger partial charge is 0.465 e. The van der Waals surface area contributed by atoms with Crippen LogP contribution < -0.4 is 4.90 Å². The van der Waals surface area contributed by atoms with Crippen LogP contribution in [0.15, 0.2) is 40.3 Å². The number of imide groups is 1. The summed E-state index contributed by atoms with van der Waals surface area (Å²) in [5.74, 6) is -1.85. The lowest BCUT2D eigenvalue weighted by atomic mass is 9.95. The van der Waals surface area contributed by atoms with Crippen LogP contribution in [-0.4, -0.2) is 30.8 Å². The maximum Gasteiger partial charge on any atom is 0.287 e. The highest BCUT2D eigenvalue weighted by Gasteiger charge is 2.47. The van der Waals surface area contributed by atoms with E-state index < -0.39 is 11.8 Å². The second-order valence-electron chi connectivity index (χ2n) is 5.15. The normalized spacial score (nSPS) is 21.2. The number of Topliss-reactive ketones (excluding diaryl/α,β-unsaturated/α-hetero) is 1. The molecule has 0 bridgehead atoms. The van der Waals surface area contributed by atoms with E-state index in [-0.39, 0.29) is 36.2 Å². The van der Waals surface area contributed by atoms with E-state index in [1.54, 1.807) is 31.2 Å². The molecular formula is C16H14BrNO5. The van der Waals surface area contributed by atoms with Crippen molar-refractivity contribution in [3.8, 4) is 0 Å². The Morgan fingerprint density at radius 3 is 2.61 bits per heavy atom. The quantitative estimate of drug-likeness (QED) is 0.749. The Labute approximate surface area is 141 Å². The molecule has 3 rings (SSSR count). The zero-order valence-electron chi connectivity index (χ0n) is 12.4. The van der Waals surface area contributed by atoms with Gasteiger partial charge in [0.05, 0.1) is 23.8 Å². The lowest BCUT2D eigenvalue weighted by Gasteiger charge is -2.15. The topological polar surface area (TPSA) is 72.9 Å². The van der Waals surface area contributed by atoms with Gasteiger partial charge in [0.1, 0.15) is 0 Å². The Hall–Kier alpha value is -2.15. The van der Waals surface area contributed by atoms with Crippen LogP contribution >= 0.6 is 15.9 Å². The predicted octanol–water partition coefficient (Wildman–Crippen LogP) is 2.18. The molecule has 0 saturated carbocycles. The number of hydrogen-bond acceptors (Lipinski definition) is 5. The minimum absolute atomic E-state index is 0.0596. The molecule has 1 saturated heterocycles.